The van der Waals surface area contributed by atoms with Crippen LogP contribution in [-0.4, -0.2) is 0 Å². The Bertz CT molecular complexity index is 253. The molecule has 0 saturated carbocycles. The monoisotopic (exact) mass is 180 g/mol. The molecule has 0 aliphatic rings. The van der Waals surface area contributed by atoms with Crippen molar-refractivity contribution < 1.29 is 0 Å². The molecule has 1 unspecified atom stereocenters. The van der Waals surface area contributed by atoms with Crippen LogP contribution >= 0.6 is 9.24 Å². The third-order valence-electron chi connectivity index (χ3n) is 2.17. The lowest BCUT2D eigenvalue weighted by Crippen LogP contribution is -1.90. The molecule has 0 heterocycles. The zero-order valence-corrected chi connectivity index (χ0v) is 9.09. The van der Waals surface area contributed by atoms with Gasteiger partial charge in [-0.05, 0) is 36.2 Å². The Balaban J connectivity index is 2.91. The molecule has 0 aliphatic carbocycles. The van der Waals surface area contributed by atoms with E-state index in [2.05, 4.69) is 41.3 Å². The molecule has 0 bridgehead atoms. The van der Waals surface area contributed by atoms with Crippen molar-refractivity contribution >= 4 is 9.24 Å². The molecular weight excluding hydrogens is 163 g/mol. The van der Waals surface area contributed by atoms with Crippen LogP contribution in [-0.2, 0) is 12.6 Å². The largest absolute Gasteiger partial charge is 0.133 e. The number of hydrogen-bond donors (Lipinski definition) is 0. The molecule has 0 spiro atoms. The van der Waals surface area contributed by atoms with Gasteiger partial charge in [0.15, 0.2) is 0 Å². The molecule has 0 aromatic heterocycles. The van der Waals surface area contributed by atoms with E-state index in [1.54, 1.807) is 0 Å². The molecule has 1 heteroatoms. The number of hydrogen-bond acceptors (Lipinski definition) is 0. The topological polar surface area (TPSA) is 0 Å². The van der Waals surface area contributed by atoms with Crippen LogP contribution in [0.3, 0.4) is 0 Å². The Morgan fingerprint density at radius 3 is 2.67 bits per heavy atom. The first kappa shape index (κ1) is 9.74. The van der Waals surface area contributed by atoms with Crippen molar-refractivity contribution in [3.8, 4) is 0 Å². The van der Waals surface area contributed by atoms with Crippen LogP contribution in [0.1, 0.15) is 30.0 Å². The van der Waals surface area contributed by atoms with Gasteiger partial charge in [0, 0.05) is 0 Å². The second-order valence-corrected chi connectivity index (χ2v) is 3.62. The summed E-state index contributed by atoms with van der Waals surface area (Å²) in [5.74, 6) is 0. The molecule has 0 radical (unpaired) electrons. The van der Waals surface area contributed by atoms with Crippen molar-refractivity contribution in [1.82, 2.24) is 0 Å². The van der Waals surface area contributed by atoms with Crippen molar-refractivity contribution in [2.24, 2.45) is 0 Å². The van der Waals surface area contributed by atoms with Crippen molar-refractivity contribution in [3.63, 3.8) is 0 Å². The highest BCUT2D eigenvalue weighted by Gasteiger charge is 1.97. The maximum Gasteiger partial charge on any atom is -0.0128 e. The summed E-state index contributed by atoms with van der Waals surface area (Å²) in [6.45, 7) is 4.42. The quantitative estimate of drug-likeness (QED) is 0.626. The summed E-state index contributed by atoms with van der Waals surface area (Å²) in [5.41, 5.74) is 4.37. The molecule has 0 nitrogen and oxygen atoms in total. The minimum Gasteiger partial charge on any atom is -0.133 e. The maximum atomic E-state index is 2.77. The summed E-state index contributed by atoms with van der Waals surface area (Å²) in [5, 5.41) is 0. The molecule has 0 N–H and O–H groups in total. The lowest BCUT2D eigenvalue weighted by molar-refractivity contribution is 0.910. The van der Waals surface area contributed by atoms with Crippen LogP contribution < -0.4 is 0 Å². The van der Waals surface area contributed by atoms with Crippen LogP contribution in [0.5, 0.6) is 0 Å². The van der Waals surface area contributed by atoms with Crippen LogP contribution in [0.4, 0.5) is 0 Å². The molecule has 0 aliphatic heterocycles. The number of benzene rings is 1. The first-order valence-electron chi connectivity index (χ1n) is 4.56. The van der Waals surface area contributed by atoms with E-state index < -0.39 is 0 Å². The Labute approximate surface area is 77.6 Å². The van der Waals surface area contributed by atoms with Gasteiger partial charge in [0.1, 0.15) is 0 Å². The minimum absolute atomic E-state index is 1.07. The SMILES string of the molecule is CCCc1cc(CP)ccc1C. The average Bonchev–Trinajstić information content (AvgIpc) is 2.09. The standard InChI is InChI=1S/C11H17P/c1-3-4-11-7-10(8-12)6-5-9(11)2/h5-7H,3-4,8,12H2,1-2H3. The number of aryl methyl sites for hydroxylation is 2. The van der Waals surface area contributed by atoms with Gasteiger partial charge in [-0.1, -0.05) is 31.5 Å². The molecule has 0 saturated heterocycles. The summed E-state index contributed by atoms with van der Waals surface area (Å²) in [6, 6.07) is 6.76. The summed E-state index contributed by atoms with van der Waals surface area (Å²) in [6.07, 6.45) is 3.52. The Morgan fingerprint density at radius 1 is 1.33 bits per heavy atom. The van der Waals surface area contributed by atoms with Gasteiger partial charge in [-0.15, -0.1) is 9.24 Å². The molecule has 1 rings (SSSR count). The summed E-state index contributed by atoms with van der Waals surface area (Å²) >= 11 is 0. The van der Waals surface area contributed by atoms with Crippen molar-refractivity contribution in [1.29, 1.82) is 0 Å². The van der Waals surface area contributed by atoms with Gasteiger partial charge in [-0.3, -0.25) is 0 Å². The molecule has 1 atom stereocenters. The molecule has 1 aromatic rings. The molecule has 12 heavy (non-hydrogen) atoms. The van der Waals surface area contributed by atoms with E-state index in [0.717, 1.165) is 6.16 Å². The van der Waals surface area contributed by atoms with Crippen molar-refractivity contribution in [2.75, 3.05) is 0 Å². The van der Waals surface area contributed by atoms with Crippen molar-refractivity contribution in [2.45, 2.75) is 32.9 Å². The third-order valence-corrected chi connectivity index (χ3v) is 2.64. The predicted octanol–water partition coefficient (Wildman–Crippen LogP) is 3.32. The third kappa shape index (κ3) is 2.32. The Kier molecular flexibility index (Phi) is 3.75. The highest BCUT2D eigenvalue weighted by Crippen LogP contribution is 2.15. The summed E-state index contributed by atoms with van der Waals surface area (Å²) < 4.78 is 0. The lowest BCUT2D eigenvalue weighted by atomic mass is 10.0. The highest BCUT2D eigenvalue weighted by atomic mass is 31.0. The summed E-state index contributed by atoms with van der Waals surface area (Å²) in [7, 11) is 2.77. The van der Waals surface area contributed by atoms with E-state index in [1.807, 2.05) is 0 Å². The van der Waals surface area contributed by atoms with E-state index >= 15 is 0 Å². The average molecular weight is 180 g/mol. The fourth-order valence-electron chi connectivity index (χ4n) is 1.39. The normalized spacial score (nSPS) is 10.2. The second kappa shape index (κ2) is 4.62. The Morgan fingerprint density at radius 2 is 2.08 bits per heavy atom. The highest BCUT2D eigenvalue weighted by molar-refractivity contribution is 7.15. The maximum absolute atomic E-state index is 2.77. The Hall–Kier alpha value is -0.350. The van der Waals surface area contributed by atoms with Crippen LogP contribution in [0.15, 0.2) is 18.2 Å². The van der Waals surface area contributed by atoms with Gasteiger partial charge in [0.2, 0.25) is 0 Å². The van der Waals surface area contributed by atoms with Gasteiger partial charge in [-0.25, -0.2) is 0 Å². The molecule has 66 valence electrons. The van der Waals surface area contributed by atoms with E-state index in [-0.39, 0.29) is 0 Å². The molecule has 0 fully saturated rings. The van der Waals surface area contributed by atoms with Crippen LogP contribution in [0.25, 0.3) is 0 Å². The van der Waals surface area contributed by atoms with Crippen molar-refractivity contribution in [3.05, 3.63) is 34.9 Å². The zero-order valence-electron chi connectivity index (χ0n) is 7.93. The number of rotatable bonds is 3. The van der Waals surface area contributed by atoms with E-state index in [4.69, 9.17) is 0 Å². The zero-order chi connectivity index (χ0) is 8.97. The molecular formula is C11H17P. The van der Waals surface area contributed by atoms with Crippen LogP contribution in [0.2, 0.25) is 0 Å². The first-order valence-corrected chi connectivity index (χ1v) is 5.38. The van der Waals surface area contributed by atoms with E-state index in [1.165, 1.54) is 29.5 Å². The van der Waals surface area contributed by atoms with E-state index in [0.29, 0.717) is 0 Å². The van der Waals surface area contributed by atoms with Gasteiger partial charge >= 0.3 is 0 Å². The van der Waals surface area contributed by atoms with E-state index in [9.17, 15) is 0 Å². The van der Waals surface area contributed by atoms with Gasteiger partial charge in [0.25, 0.3) is 0 Å². The second-order valence-electron chi connectivity index (χ2n) is 3.21. The van der Waals surface area contributed by atoms with Gasteiger partial charge < -0.3 is 0 Å². The van der Waals surface area contributed by atoms with Crippen LogP contribution in [0, 0.1) is 6.92 Å². The minimum atomic E-state index is 1.07. The van der Waals surface area contributed by atoms with Gasteiger partial charge in [0.05, 0.1) is 0 Å². The summed E-state index contributed by atoms with van der Waals surface area (Å²) in [4.78, 5) is 0. The smallest absolute Gasteiger partial charge is 0.0128 e. The first-order chi connectivity index (χ1) is 5.77. The lowest BCUT2D eigenvalue weighted by Gasteiger charge is -2.05. The molecule has 1 aromatic carbocycles. The molecule has 0 amide bonds. The predicted molar refractivity (Wildman–Crippen MR) is 58.6 cm³/mol. The fraction of sp³-hybridized carbons (Fsp3) is 0.455. The fourth-order valence-corrected chi connectivity index (χ4v) is 1.64. The van der Waals surface area contributed by atoms with Gasteiger partial charge in [-0.2, -0.15) is 0 Å².